The van der Waals surface area contributed by atoms with Crippen molar-refractivity contribution in [2.45, 2.75) is 6.54 Å². The maximum atomic E-state index is 9.34. The zero-order chi connectivity index (χ0) is 19.8. The molecule has 0 atom stereocenters. The molecule has 0 saturated carbocycles. The summed E-state index contributed by atoms with van der Waals surface area (Å²) in [4.78, 5) is 2.17. The van der Waals surface area contributed by atoms with E-state index in [1.807, 2.05) is 66.7 Å². The first-order valence-corrected chi connectivity index (χ1v) is 8.68. The van der Waals surface area contributed by atoms with Gasteiger partial charge < -0.3 is 4.90 Å². The number of allylic oxidation sites excluding steroid dienone is 2. The Morgan fingerprint density at radius 2 is 1.18 bits per heavy atom. The van der Waals surface area contributed by atoms with Gasteiger partial charge in [0.25, 0.3) is 0 Å². The molecule has 0 radical (unpaired) electrons. The van der Waals surface area contributed by atoms with Crippen LogP contribution < -0.4 is 4.90 Å². The summed E-state index contributed by atoms with van der Waals surface area (Å²) in [6.07, 6.45) is 0. The molecule has 0 aliphatic carbocycles. The molecule has 3 aromatic rings. The lowest BCUT2D eigenvalue weighted by atomic mass is 10.0. The van der Waals surface area contributed by atoms with Crippen LogP contribution in [0.15, 0.2) is 90.5 Å². The van der Waals surface area contributed by atoms with Crippen LogP contribution in [0.3, 0.4) is 0 Å². The van der Waals surface area contributed by atoms with E-state index in [0.717, 1.165) is 11.4 Å². The van der Waals surface area contributed by atoms with Crippen molar-refractivity contribution in [1.29, 1.82) is 15.8 Å². The summed E-state index contributed by atoms with van der Waals surface area (Å²) in [5.41, 5.74) is 3.63. The van der Waals surface area contributed by atoms with E-state index in [1.54, 1.807) is 24.3 Å². The van der Waals surface area contributed by atoms with E-state index >= 15 is 0 Å². The number of hydrogen-bond acceptors (Lipinski definition) is 4. The van der Waals surface area contributed by atoms with Gasteiger partial charge in [0.1, 0.15) is 23.8 Å². The largest absolute Gasteiger partial charge is 0.337 e. The van der Waals surface area contributed by atoms with Crippen LogP contribution in [0.4, 0.5) is 11.4 Å². The highest BCUT2D eigenvalue weighted by molar-refractivity contribution is 5.85. The topological polar surface area (TPSA) is 74.6 Å². The minimum absolute atomic E-state index is 0.0888. The predicted molar refractivity (Wildman–Crippen MR) is 109 cm³/mol. The smallest absolute Gasteiger partial charge is 0.148 e. The third kappa shape index (κ3) is 4.07. The van der Waals surface area contributed by atoms with E-state index in [-0.39, 0.29) is 11.1 Å². The minimum Gasteiger partial charge on any atom is -0.337 e. The summed E-state index contributed by atoms with van der Waals surface area (Å²) < 4.78 is 0. The number of para-hydroxylation sites is 1. The molecule has 0 aromatic heterocycles. The van der Waals surface area contributed by atoms with Crippen molar-refractivity contribution in [2.24, 2.45) is 0 Å². The molecule has 0 heterocycles. The summed E-state index contributed by atoms with van der Waals surface area (Å²) >= 11 is 0. The van der Waals surface area contributed by atoms with E-state index in [0.29, 0.717) is 12.1 Å². The van der Waals surface area contributed by atoms with Gasteiger partial charge in [0, 0.05) is 17.9 Å². The predicted octanol–water partition coefficient (Wildman–Crippen LogP) is 5.35. The van der Waals surface area contributed by atoms with Gasteiger partial charge >= 0.3 is 0 Å². The molecule has 0 fully saturated rings. The molecule has 0 saturated heterocycles. The number of hydrogen-bond donors (Lipinski definition) is 0. The highest BCUT2D eigenvalue weighted by Gasteiger charge is 2.12. The van der Waals surface area contributed by atoms with Crippen LogP contribution in [-0.2, 0) is 6.54 Å². The molecular weight excluding hydrogens is 344 g/mol. The number of nitrogens with zero attached hydrogens (tertiary/aromatic N) is 4. The summed E-state index contributed by atoms with van der Waals surface area (Å²) in [6, 6.07) is 33.1. The standard InChI is InChI=1S/C24H16N4/c25-15-21(16-26)24(17-27)20-11-13-23(14-12-20)28(22-9-5-2-6-10-22)18-19-7-3-1-4-8-19/h1-14H,18H2. The maximum absolute atomic E-state index is 9.34. The van der Waals surface area contributed by atoms with Gasteiger partial charge in [-0.1, -0.05) is 60.7 Å². The van der Waals surface area contributed by atoms with Crippen molar-refractivity contribution in [1.82, 2.24) is 0 Å². The van der Waals surface area contributed by atoms with Crippen LogP contribution in [0.5, 0.6) is 0 Å². The first-order valence-electron chi connectivity index (χ1n) is 8.68. The lowest BCUT2D eigenvalue weighted by Gasteiger charge is -2.25. The van der Waals surface area contributed by atoms with E-state index < -0.39 is 0 Å². The molecular formula is C24H16N4. The van der Waals surface area contributed by atoms with Crippen molar-refractivity contribution >= 4 is 16.9 Å². The summed E-state index contributed by atoms with van der Waals surface area (Å²) in [5.74, 6) is 0. The lowest BCUT2D eigenvalue weighted by Crippen LogP contribution is -2.16. The van der Waals surface area contributed by atoms with Crippen molar-refractivity contribution in [3.8, 4) is 18.2 Å². The van der Waals surface area contributed by atoms with E-state index in [2.05, 4.69) is 17.0 Å². The van der Waals surface area contributed by atoms with Crippen molar-refractivity contribution < 1.29 is 0 Å². The second-order valence-electron chi connectivity index (χ2n) is 6.04. The van der Waals surface area contributed by atoms with Gasteiger partial charge in [0.2, 0.25) is 0 Å². The first-order chi connectivity index (χ1) is 13.8. The van der Waals surface area contributed by atoms with Crippen LogP contribution in [0, 0.1) is 34.0 Å². The second kappa shape index (κ2) is 8.86. The fourth-order valence-electron chi connectivity index (χ4n) is 2.92. The van der Waals surface area contributed by atoms with E-state index in [4.69, 9.17) is 10.5 Å². The zero-order valence-electron chi connectivity index (χ0n) is 15.1. The number of rotatable bonds is 5. The fourth-order valence-corrected chi connectivity index (χ4v) is 2.92. The van der Waals surface area contributed by atoms with E-state index in [9.17, 15) is 5.26 Å². The molecule has 3 aromatic carbocycles. The van der Waals surface area contributed by atoms with Crippen LogP contribution in [0.25, 0.3) is 5.57 Å². The van der Waals surface area contributed by atoms with Crippen molar-refractivity contribution in [3.05, 3.63) is 102 Å². The Morgan fingerprint density at radius 1 is 0.643 bits per heavy atom. The van der Waals surface area contributed by atoms with E-state index in [1.165, 1.54) is 5.56 Å². The summed E-state index contributed by atoms with van der Waals surface area (Å²) in [7, 11) is 0. The van der Waals surface area contributed by atoms with Crippen LogP contribution >= 0.6 is 0 Å². The Hall–Kier alpha value is -4.33. The third-order valence-corrected chi connectivity index (χ3v) is 4.30. The van der Waals surface area contributed by atoms with Crippen LogP contribution in [0.2, 0.25) is 0 Å². The average Bonchev–Trinajstić information content (AvgIpc) is 2.77. The molecule has 0 bridgehead atoms. The van der Waals surface area contributed by atoms with Gasteiger partial charge in [-0.05, 0) is 35.4 Å². The Labute approximate surface area is 164 Å². The van der Waals surface area contributed by atoms with Crippen LogP contribution in [-0.4, -0.2) is 0 Å². The molecule has 0 aliphatic heterocycles. The quantitative estimate of drug-likeness (QED) is 0.575. The van der Waals surface area contributed by atoms with Gasteiger partial charge in [0.15, 0.2) is 0 Å². The van der Waals surface area contributed by atoms with Gasteiger partial charge in [-0.2, -0.15) is 15.8 Å². The van der Waals surface area contributed by atoms with Crippen molar-refractivity contribution in [3.63, 3.8) is 0 Å². The molecule has 0 spiro atoms. The monoisotopic (exact) mass is 360 g/mol. The van der Waals surface area contributed by atoms with Crippen LogP contribution in [0.1, 0.15) is 11.1 Å². The average molecular weight is 360 g/mol. The molecule has 132 valence electrons. The van der Waals surface area contributed by atoms with Gasteiger partial charge in [-0.25, -0.2) is 0 Å². The van der Waals surface area contributed by atoms with Crippen molar-refractivity contribution in [2.75, 3.05) is 4.90 Å². The third-order valence-electron chi connectivity index (χ3n) is 4.30. The Bertz CT molecular complexity index is 1080. The highest BCUT2D eigenvalue weighted by Crippen LogP contribution is 2.29. The lowest BCUT2D eigenvalue weighted by molar-refractivity contribution is 0.975. The Kier molecular flexibility index (Phi) is 5.84. The first kappa shape index (κ1) is 18.5. The number of anilines is 2. The summed E-state index contributed by atoms with van der Waals surface area (Å²) in [5, 5.41) is 27.5. The number of nitriles is 3. The molecule has 4 nitrogen and oxygen atoms in total. The minimum atomic E-state index is -0.181. The Morgan fingerprint density at radius 3 is 1.71 bits per heavy atom. The molecule has 3 rings (SSSR count). The molecule has 28 heavy (non-hydrogen) atoms. The molecule has 0 N–H and O–H groups in total. The SMILES string of the molecule is N#CC(C#N)=C(C#N)c1ccc(N(Cc2ccccc2)c2ccccc2)cc1. The van der Waals surface area contributed by atoms with Gasteiger partial charge in [-0.15, -0.1) is 0 Å². The van der Waals surface area contributed by atoms with Gasteiger partial charge in [-0.3, -0.25) is 0 Å². The summed E-state index contributed by atoms with van der Waals surface area (Å²) in [6.45, 7) is 0.687. The normalized spacial score (nSPS) is 9.46. The molecule has 0 unspecified atom stereocenters. The second-order valence-corrected chi connectivity index (χ2v) is 6.04. The molecule has 0 amide bonds. The Balaban J connectivity index is 2.00. The highest BCUT2D eigenvalue weighted by atomic mass is 15.1. The molecule has 0 aliphatic rings. The zero-order valence-corrected chi connectivity index (χ0v) is 15.1. The number of benzene rings is 3. The van der Waals surface area contributed by atoms with Gasteiger partial charge in [0.05, 0.1) is 5.57 Å². The maximum Gasteiger partial charge on any atom is 0.148 e. The fraction of sp³-hybridized carbons (Fsp3) is 0.0417. The molecule has 4 heteroatoms.